The van der Waals surface area contributed by atoms with Gasteiger partial charge in [-0.15, -0.1) is 0 Å². The van der Waals surface area contributed by atoms with Crippen molar-refractivity contribution < 1.29 is 15.3 Å². The molecule has 0 aromatic carbocycles. The van der Waals surface area contributed by atoms with Gasteiger partial charge in [-0.3, -0.25) is 0 Å². The first-order valence-electron chi connectivity index (χ1n) is 9.57. The molecule has 0 heterocycles. The molecule has 0 amide bonds. The van der Waals surface area contributed by atoms with Crippen molar-refractivity contribution in [3.8, 4) is 0 Å². The van der Waals surface area contributed by atoms with Gasteiger partial charge in [-0.05, 0) is 67.6 Å². The summed E-state index contributed by atoms with van der Waals surface area (Å²) in [6, 6.07) is 0. The van der Waals surface area contributed by atoms with Crippen LogP contribution >= 0.6 is 0 Å². The van der Waals surface area contributed by atoms with E-state index in [0.717, 1.165) is 32.1 Å². The molecule has 0 unspecified atom stereocenters. The summed E-state index contributed by atoms with van der Waals surface area (Å²) in [5.41, 5.74) is -0.666. The van der Waals surface area contributed by atoms with Gasteiger partial charge in [0.15, 0.2) is 0 Å². The lowest BCUT2D eigenvalue weighted by atomic mass is 9.44. The van der Waals surface area contributed by atoms with E-state index < -0.39 is 11.7 Å². The highest BCUT2D eigenvalue weighted by atomic mass is 16.3. The van der Waals surface area contributed by atoms with E-state index in [4.69, 9.17) is 5.11 Å². The summed E-state index contributed by atoms with van der Waals surface area (Å²) in [6.07, 6.45) is 6.46. The Labute approximate surface area is 142 Å². The third kappa shape index (κ3) is 3.48. The molecule has 0 saturated heterocycles. The first-order chi connectivity index (χ1) is 10.6. The van der Waals surface area contributed by atoms with Crippen molar-refractivity contribution in [1.82, 2.24) is 0 Å². The molecular formula is C20H38O3. The Bertz CT molecular complexity index is 404. The fraction of sp³-hybridized carbons (Fsp3) is 1.00. The second kappa shape index (κ2) is 6.65. The van der Waals surface area contributed by atoms with Gasteiger partial charge in [0.05, 0.1) is 11.7 Å². The third-order valence-corrected chi connectivity index (χ3v) is 7.48. The largest absolute Gasteiger partial charge is 0.396 e. The van der Waals surface area contributed by atoms with Gasteiger partial charge in [0.1, 0.15) is 0 Å². The molecule has 136 valence electrons. The average molecular weight is 327 g/mol. The zero-order chi connectivity index (χ0) is 17.5. The first-order valence-corrected chi connectivity index (χ1v) is 9.57. The Morgan fingerprint density at radius 2 is 1.74 bits per heavy atom. The van der Waals surface area contributed by atoms with Crippen LogP contribution in [0.15, 0.2) is 0 Å². The van der Waals surface area contributed by atoms with Gasteiger partial charge in [0, 0.05) is 6.61 Å². The molecule has 2 aliphatic carbocycles. The third-order valence-electron chi connectivity index (χ3n) is 7.48. The fourth-order valence-electron chi connectivity index (χ4n) is 5.97. The fourth-order valence-corrected chi connectivity index (χ4v) is 5.97. The zero-order valence-electron chi connectivity index (χ0n) is 15.8. The highest BCUT2D eigenvalue weighted by molar-refractivity contribution is 5.10. The standard InChI is InChI=1S/C20H38O3/c1-14(9-12-21)7-8-15-19(4)11-6-10-18(2,3)16(19)13-17(22)20(15,5)23/h14-17,21-23H,6-13H2,1-5H3/t14-,15-,16-,17+,19-,20+/m1/s1. The molecule has 0 spiro atoms. The van der Waals surface area contributed by atoms with Crippen LogP contribution in [0.1, 0.15) is 79.6 Å². The van der Waals surface area contributed by atoms with Crippen LogP contribution in [0.2, 0.25) is 0 Å². The normalized spacial score (nSPS) is 44.6. The monoisotopic (exact) mass is 326 g/mol. The Kier molecular flexibility index (Phi) is 5.55. The molecule has 2 fully saturated rings. The molecule has 23 heavy (non-hydrogen) atoms. The van der Waals surface area contributed by atoms with Crippen LogP contribution in [-0.2, 0) is 0 Å². The Morgan fingerprint density at radius 3 is 2.35 bits per heavy atom. The van der Waals surface area contributed by atoms with Gasteiger partial charge >= 0.3 is 0 Å². The van der Waals surface area contributed by atoms with Crippen LogP contribution < -0.4 is 0 Å². The average Bonchev–Trinajstić information content (AvgIpc) is 2.41. The lowest BCUT2D eigenvalue weighted by Gasteiger charge is -2.62. The van der Waals surface area contributed by atoms with Gasteiger partial charge in [-0.1, -0.05) is 40.5 Å². The maximum absolute atomic E-state index is 11.1. The highest BCUT2D eigenvalue weighted by Gasteiger charge is 2.60. The highest BCUT2D eigenvalue weighted by Crippen LogP contribution is 2.63. The second-order valence-corrected chi connectivity index (χ2v) is 9.63. The number of hydrogen-bond acceptors (Lipinski definition) is 3. The van der Waals surface area contributed by atoms with E-state index in [1.54, 1.807) is 0 Å². The zero-order valence-corrected chi connectivity index (χ0v) is 15.8. The number of aliphatic hydroxyl groups excluding tert-OH is 2. The number of aliphatic hydroxyl groups is 3. The number of hydrogen-bond donors (Lipinski definition) is 3. The van der Waals surface area contributed by atoms with E-state index >= 15 is 0 Å². The number of rotatable bonds is 5. The SMILES string of the molecule is C[C@@H](CCO)CC[C@H]1[C@](C)(O)[C@@H](O)C[C@@H]2C(C)(C)CCC[C@@]21C. The Morgan fingerprint density at radius 1 is 1.09 bits per heavy atom. The molecule has 2 saturated carbocycles. The predicted octanol–water partition coefficient (Wildman–Crippen LogP) is 3.75. The Balaban J connectivity index is 2.26. The molecule has 0 aromatic rings. The Hall–Kier alpha value is -0.120. The molecule has 2 rings (SSSR count). The minimum atomic E-state index is -1.00. The topological polar surface area (TPSA) is 60.7 Å². The van der Waals surface area contributed by atoms with Gasteiger partial charge in [-0.25, -0.2) is 0 Å². The summed E-state index contributed by atoms with van der Waals surface area (Å²) in [5.74, 6) is 1.06. The van der Waals surface area contributed by atoms with E-state index in [0.29, 0.717) is 11.8 Å². The molecule has 3 nitrogen and oxygen atoms in total. The lowest BCUT2D eigenvalue weighted by Crippen LogP contribution is -2.63. The van der Waals surface area contributed by atoms with E-state index in [2.05, 4.69) is 27.7 Å². The van der Waals surface area contributed by atoms with Crippen molar-refractivity contribution in [2.45, 2.75) is 91.3 Å². The predicted molar refractivity (Wildman–Crippen MR) is 94.1 cm³/mol. The second-order valence-electron chi connectivity index (χ2n) is 9.63. The van der Waals surface area contributed by atoms with Crippen molar-refractivity contribution in [2.24, 2.45) is 28.6 Å². The summed E-state index contributed by atoms with van der Waals surface area (Å²) in [7, 11) is 0. The van der Waals surface area contributed by atoms with Crippen LogP contribution in [0.4, 0.5) is 0 Å². The van der Waals surface area contributed by atoms with Crippen LogP contribution in [0.25, 0.3) is 0 Å². The quantitative estimate of drug-likeness (QED) is 0.721. The summed E-state index contributed by atoms with van der Waals surface area (Å²) >= 11 is 0. The van der Waals surface area contributed by atoms with Crippen molar-refractivity contribution in [3.63, 3.8) is 0 Å². The molecule has 0 aliphatic heterocycles. The summed E-state index contributed by atoms with van der Waals surface area (Å²) in [6.45, 7) is 11.3. The molecule has 3 heteroatoms. The first kappa shape index (κ1) is 19.2. The van der Waals surface area contributed by atoms with Crippen molar-refractivity contribution in [1.29, 1.82) is 0 Å². The van der Waals surface area contributed by atoms with Gasteiger partial charge in [0.2, 0.25) is 0 Å². The minimum absolute atomic E-state index is 0.101. The van der Waals surface area contributed by atoms with E-state index in [1.165, 1.54) is 12.8 Å². The summed E-state index contributed by atoms with van der Waals surface area (Å²) in [5, 5.41) is 30.9. The van der Waals surface area contributed by atoms with Crippen LogP contribution in [0, 0.1) is 28.6 Å². The molecular weight excluding hydrogens is 288 g/mol. The molecule has 6 atom stereocenters. The minimum Gasteiger partial charge on any atom is -0.396 e. The van der Waals surface area contributed by atoms with E-state index in [9.17, 15) is 10.2 Å². The summed E-state index contributed by atoms with van der Waals surface area (Å²) < 4.78 is 0. The molecule has 3 N–H and O–H groups in total. The van der Waals surface area contributed by atoms with Gasteiger partial charge < -0.3 is 15.3 Å². The smallest absolute Gasteiger partial charge is 0.0910 e. The molecule has 2 aliphatic rings. The maximum Gasteiger partial charge on any atom is 0.0910 e. The van der Waals surface area contributed by atoms with E-state index in [1.807, 2.05) is 6.92 Å². The lowest BCUT2D eigenvalue weighted by molar-refractivity contribution is -0.221. The van der Waals surface area contributed by atoms with Crippen LogP contribution in [-0.4, -0.2) is 33.6 Å². The van der Waals surface area contributed by atoms with Gasteiger partial charge in [0.25, 0.3) is 0 Å². The summed E-state index contributed by atoms with van der Waals surface area (Å²) in [4.78, 5) is 0. The van der Waals surface area contributed by atoms with Crippen molar-refractivity contribution in [3.05, 3.63) is 0 Å². The maximum atomic E-state index is 11.1. The van der Waals surface area contributed by atoms with Crippen LogP contribution in [0.5, 0.6) is 0 Å². The molecule has 0 bridgehead atoms. The molecule has 0 aromatic heterocycles. The van der Waals surface area contributed by atoms with E-state index in [-0.39, 0.29) is 23.4 Å². The van der Waals surface area contributed by atoms with Crippen molar-refractivity contribution in [2.75, 3.05) is 6.61 Å². The van der Waals surface area contributed by atoms with Crippen LogP contribution in [0.3, 0.4) is 0 Å². The number of fused-ring (bicyclic) bond motifs is 1. The van der Waals surface area contributed by atoms with Gasteiger partial charge in [-0.2, -0.15) is 0 Å². The van der Waals surface area contributed by atoms with Crippen molar-refractivity contribution >= 4 is 0 Å². The molecule has 0 radical (unpaired) electrons.